The lowest BCUT2D eigenvalue weighted by molar-refractivity contribution is -0.125. The SMILES string of the molecule is Cc1c(Cl)nnc(N2CCOCC2C(=O)NC(C)C)c1C. The average molecular weight is 313 g/mol. The summed E-state index contributed by atoms with van der Waals surface area (Å²) in [6.07, 6.45) is 0. The van der Waals surface area contributed by atoms with Crippen LogP contribution in [0, 0.1) is 13.8 Å². The van der Waals surface area contributed by atoms with Gasteiger partial charge in [0.15, 0.2) is 11.0 Å². The summed E-state index contributed by atoms with van der Waals surface area (Å²) in [4.78, 5) is 14.3. The van der Waals surface area contributed by atoms with Gasteiger partial charge in [0.1, 0.15) is 6.04 Å². The third-order valence-electron chi connectivity index (χ3n) is 3.57. The minimum atomic E-state index is -0.394. The molecule has 21 heavy (non-hydrogen) atoms. The van der Waals surface area contributed by atoms with Crippen molar-refractivity contribution in [3.8, 4) is 0 Å². The van der Waals surface area contributed by atoms with Crippen LogP contribution >= 0.6 is 11.6 Å². The molecule has 0 saturated carbocycles. The minimum Gasteiger partial charge on any atom is -0.377 e. The van der Waals surface area contributed by atoms with E-state index in [4.69, 9.17) is 16.3 Å². The molecule has 0 bridgehead atoms. The van der Waals surface area contributed by atoms with Crippen molar-refractivity contribution in [3.05, 3.63) is 16.3 Å². The highest BCUT2D eigenvalue weighted by Crippen LogP contribution is 2.26. The molecule has 0 spiro atoms. The van der Waals surface area contributed by atoms with Gasteiger partial charge in [-0.25, -0.2) is 0 Å². The van der Waals surface area contributed by atoms with Crippen LogP contribution in [-0.2, 0) is 9.53 Å². The summed E-state index contributed by atoms with van der Waals surface area (Å²) < 4.78 is 5.45. The predicted molar refractivity (Wildman–Crippen MR) is 81.7 cm³/mol. The van der Waals surface area contributed by atoms with E-state index in [2.05, 4.69) is 15.5 Å². The van der Waals surface area contributed by atoms with E-state index in [1.165, 1.54) is 0 Å². The summed E-state index contributed by atoms with van der Waals surface area (Å²) in [6, 6.07) is -0.310. The number of hydrogen-bond acceptors (Lipinski definition) is 5. The highest BCUT2D eigenvalue weighted by atomic mass is 35.5. The summed E-state index contributed by atoms with van der Waals surface area (Å²) in [6.45, 7) is 9.23. The zero-order valence-electron chi connectivity index (χ0n) is 12.8. The topological polar surface area (TPSA) is 67.3 Å². The summed E-state index contributed by atoms with van der Waals surface area (Å²) in [7, 11) is 0. The Labute approximate surface area is 129 Å². The first-order chi connectivity index (χ1) is 9.91. The highest BCUT2D eigenvalue weighted by Gasteiger charge is 2.32. The molecule has 7 heteroatoms. The van der Waals surface area contributed by atoms with Crippen molar-refractivity contribution in [2.75, 3.05) is 24.7 Å². The first kappa shape index (κ1) is 16.0. The van der Waals surface area contributed by atoms with Crippen LogP contribution in [0.5, 0.6) is 0 Å². The van der Waals surface area contributed by atoms with Gasteiger partial charge in [-0.2, -0.15) is 0 Å². The second-order valence-electron chi connectivity index (χ2n) is 5.51. The summed E-state index contributed by atoms with van der Waals surface area (Å²) in [5.74, 6) is 0.641. The zero-order valence-corrected chi connectivity index (χ0v) is 13.6. The predicted octanol–water partition coefficient (Wildman–Crippen LogP) is 1.48. The van der Waals surface area contributed by atoms with Gasteiger partial charge in [-0.05, 0) is 38.8 Å². The van der Waals surface area contributed by atoms with Gasteiger partial charge >= 0.3 is 0 Å². The number of nitrogens with zero attached hydrogens (tertiary/aromatic N) is 3. The van der Waals surface area contributed by atoms with E-state index in [9.17, 15) is 4.79 Å². The number of aromatic nitrogens is 2. The van der Waals surface area contributed by atoms with Gasteiger partial charge in [-0.15, -0.1) is 10.2 Å². The maximum Gasteiger partial charge on any atom is 0.245 e. The maximum absolute atomic E-state index is 12.3. The average Bonchev–Trinajstić information content (AvgIpc) is 2.44. The first-order valence-electron chi connectivity index (χ1n) is 7.06. The third-order valence-corrected chi connectivity index (χ3v) is 3.93. The van der Waals surface area contributed by atoms with Crippen LogP contribution < -0.4 is 10.2 Å². The molecule has 1 aliphatic rings. The van der Waals surface area contributed by atoms with Gasteiger partial charge in [-0.1, -0.05) is 11.6 Å². The largest absolute Gasteiger partial charge is 0.377 e. The van der Waals surface area contributed by atoms with Crippen LogP contribution in [0.25, 0.3) is 0 Å². The van der Waals surface area contributed by atoms with Crippen molar-refractivity contribution < 1.29 is 9.53 Å². The fourth-order valence-electron chi connectivity index (χ4n) is 2.29. The molecular weight excluding hydrogens is 292 g/mol. The number of hydrogen-bond donors (Lipinski definition) is 1. The molecule has 1 atom stereocenters. The van der Waals surface area contributed by atoms with Crippen molar-refractivity contribution >= 4 is 23.3 Å². The van der Waals surface area contributed by atoms with E-state index in [1.54, 1.807) is 0 Å². The van der Waals surface area contributed by atoms with E-state index < -0.39 is 6.04 Å². The number of halogens is 1. The van der Waals surface area contributed by atoms with Crippen LogP contribution in [0.3, 0.4) is 0 Å². The van der Waals surface area contributed by atoms with E-state index >= 15 is 0 Å². The fourth-order valence-corrected chi connectivity index (χ4v) is 2.47. The Kier molecular flexibility index (Phi) is 5.00. The Morgan fingerprint density at radius 2 is 2.10 bits per heavy atom. The van der Waals surface area contributed by atoms with E-state index in [-0.39, 0.29) is 11.9 Å². The molecule has 2 heterocycles. The Balaban J connectivity index is 2.31. The summed E-state index contributed by atoms with van der Waals surface area (Å²) in [5, 5.41) is 11.5. The fraction of sp³-hybridized carbons (Fsp3) is 0.643. The highest BCUT2D eigenvalue weighted by molar-refractivity contribution is 6.30. The molecule has 0 radical (unpaired) electrons. The maximum atomic E-state index is 12.3. The first-order valence-corrected chi connectivity index (χ1v) is 7.43. The number of nitrogens with one attached hydrogen (secondary N) is 1. The lowest BCUT2D eigenvalue weighted by Gasteiger charge is -2.36. The molecule has 1 unspecified atom stereocenters. The van der Waals surface area contributed by atoms with Crippen molar-refractivity contribution in [1.82, 2.24) is 15.5 Å². The second kappa shape index (κ2) is 6.58. The second-order valence-corrected chi connectivity index (χ2v) is 5.87. The molecule has 0 aliphatic carbocycles. The number of amides is 1. The van der Waals surface area contributed by atoms with Gasteiger partial charge in [0.2, 0.25) is 5.91 Å². The Hall–Kier alpha value is -1.40. The molecule has 1 amide bonds. The van der Waals surface area contributed by atoms with E-state index in [0.29, 0.717) is 30.7 Å². The Bertz CT molecular complexity index is 536. The van der Waals surface area contributed by atoms with Gasteiger partial charge in [0.05, 0.1) is 13.2 Å². The third kappa shape index (κ3) is 3.44. The molecule has 116 valence electrons. The van der Waals surface area contributed by atoms with Gasteiger partial charge in [-0.3, -0.25) is 4.79 Å². The van der Waals surface area contributed by atoms with Crippen LogP contribution in [0.2, 0.25) is 5.15 Å². The minimum absolute atomic E-state index is 0.0569. The molecule has 6 nitrogen and oxygen atoms in total. The molecule has 1 aliphatic heterocycles. The van der Waals surface area contributed by atoms with Gasteiger partial charge in [0.25, 0.3) is 0 Å². The molecule has 1 saturated heterocycles. The Morgan fingerprint density at radius 3 is 2.76 bits per heavy atom. The number of morpholine rings is 1. The number of rotatable bonds is 3. The molecule has 2 rings (SSSR count). The lowest BCUT2D eigenvalue weighted by atomic mass is 10.1. The molecule has 1 fully saturated rings. The van der Waals surface area contributed by atoms with Crippen LogP contribution in [0.4, 0.5) is 5.82 Å². The van der Waals surface area contributed by atoms with Crippen molar-refractivity contribution in [3.63, 3.8) is 0 Å². The molecule has 0 aromatic carbocycles. The van der Waals surface area contributed by atoms with Crippen molar-refractivity contribution in [1.29, 1.82) is 0 Å². The summed E-state index contributed by atoms with van der Waals surface area (Å²) >= 11 is 6.00. The monoisotopic (exact) mass is 312 g/mol. The molecule has 1 N–H and O–H groups in total. The van der Waals surface area contributed by atoms with Crippen LogP contribution in [0.1, 0.15) is 25.0 Å². The lowest BCUT2D eigenvalue weighted by Crippen LogP contribution is -2.55. The van der Waals surface area contributed by atoms with Crippen LogP contribution in [0.15, 0.2) is 0 Å². The zero-order chi connectivity index (χ0) is 15.6. The molecule has 1 aromatic rings. The van der Waals surface area contributed by atoms with Gasteiger partial charge in [0, 0.05) is 12.6 Å². The van der Waals surface area contributed by atoms with E-state index in [1.807, 2.05) is 32.6 Å². The number of carbonyl (C=O) groups excluding carboxylic acids is 1. The van der Waals surface area contributed by atoms with Crippen molar-refractivity contribution in [2.24, 2.45) is 0 Å². The number of anilines is 1. The number of carbonyl (C=O) groups is 1. The van der Waals surface area contributed by atoms with Crippen molar-refractivity contribution in [2.45, 2.75) is 39.8 Å². The van der Waals surface area contributed by atoms with E-state index in [0.717, 1.165) is 11.1 Å². The van der Waals surface area contributed by atoms with Crippen LogP contribution in [-0.4, -0.2) is 47.9 Å². The standard InChI is InChI=1S/C14H21ClN4O2/c1-8(2)16-14(20)11-7-21-6-5-19(11)13-10(4)9(3)12(15)17-18-13/h8,11H,5-7H2,1-4H3,(H,16,20). The quantitative estimate of drug-likeness (QED) is 0.915. The molecular formula is C14H21ClN4O2. The number of ether oxygens (including phenoxy) is 1. The Morgan fingerprint density at radius 1 is 1.38 bits per heavy atom. The summed E-state index contributed by atoms with van der Waals surface area (Å²) in [5.41, 5.74) is 1.83. The molecule has 1 aromatic heterocycles. The normalized spacial score (nSPS) is 19.0. The smallest absolute Gasteiger partial charge is 0.245 e. The van der Waals surface area contributed by atoms with Gasteiger partial charge < -0.3 is 15.0 Å².